The van der Waals surface area contributed by atoms with Crippen LogP contribution in [0.4, 0.5) is 0 Å². The fourth-order valence-corrected chi connectivity index (χ4v) is 4.44. The van der Waals surface area contributed by atoms with E-state index in [1.165, 1.54) is 27.0 Å². The molecule has 126 valence electrons. The molecule has 0 saturated heterocycles. The summed E-state index contributed by atoms with van der Waals surface area (Å²) in [7, 11) is 3.68. The molecule has 0 spiro atoms. The van der Waals surface area contributed by atoms with E-state index in [0.29, 0.717) is 12.2 Å². The molecule has 1 amide bonds. The second-order valence-electron chi connectivity index (χ2n) is 5.86. The summed E-state index contributed by atoms with van der Waals surface area (Å²) in [5.74, 6) is -0.0679. The van der Waals surface area contributed by atoms with Gasteiger partial charge in [-0.15, -0.1) is 22.7 Å². The van der Waals surface area contributed by atoms with Crippen LogP contribution in [0.5, 0.6) is 0 Å². The lowest BCUT2D eigenvalue weighted by molar-refractivity contribution is 0.0781. The Morgan fingerprint density at radius 1 is 1.24 bits per heavy atom. The summed E-state index contributed by atoms with van der Waals surface area (Å²) in [6, 6.07) is 8.27. The topological polar surface area (TPSA) is 51.0 Å². The smallest absolute Gasteiger partial charge is 0.273 e. The molecule has 0 N–H and O–H groups in total. The highest BCUT2D eigenvalue weighted by atomic mass is 32.1. The molecule has 3 aromatic heterocycles. The minimum atomic E-state index is -0.0679. The van der Waals surface area contributed by atoms with Gasteiger partial charge in [0, 0.05) is 42.5 Å². The van der Waals surface area contributed by atoms with Crippen LogP contribution in [0.3, 0.4) is 0 Å². The normalized spacial score (nSPS) is 11.1. The first kappa shape index (κ1) is 16.0. The van der Waals surface area contributed by atoms with Gasteiger partial charge in [0.15, 0.2) is 0 Å². The van der Waals surface area contributed by atoms with Crippen LogP contribution in [0, 0.1) is 0 Å². The number of thiophene rings is 1. The Bertz CT molecular complexity index is 1050. The van der Waals surface area contributed by atoms with Crippen LogP contribution in [0.1, 0.15) is 16.1 Å². The predicted octanol–water partition coefficient (Wildman–Crippen LogP) is 4.03. The first-order chi connectivity index (χ1) is 12.1. The molecule has 4 aromatic rings. The molecule has 25 heavy (non-hydrogen) atoms. The quantitative estimate of drug-likeness (QED) is 0.546. The molecule has 5 nitrogen and oxygen atoms in total. The van der Waals surface area contributed by atoms with E-state index in [1.54, 1.807) is 27.1 Å². The molecule has 0 bridgehead atoms. The lowest BCUT2D eigenvalue weighted by Crippen LogP contribution is -2.26. The number of nitrogens with zero attached hydrogens (tertiary/aromatic N) is 4. The van der Waals surface area contributed by atoms with E-state index in [-0.39, 0.29) is 5.91 Å². The molecule has 0 saturated carbocycles. The maximum Gasteiger partial charge on any atom is 0.273 e. The fraction of sp³-hybridized carbons (Fsp3) is 0.167. The van der Waals surface area contributed by atoms with Gasteiger partial charge in [0.25, 0.3) is 5.91 Å². The maximum absolute atomic E-state index is 12.7. The number of hydrogen-bond donors (Lipinski definition) is 0. The average molecular weight is 368 g/mol. The molecule has 0 radical (unpaired) electrons. The van der Waals surface area contributed by atoms with Crippen molar-refractivity contribution >= 4 is 38.7 Å². The third-order valence-corrected chi connectivity index (χ3v) is 5.89. The van der Waals surface area contributed by atoms with Crippen molar-refractivity contribution in [1.29, 1.82) is 0 Å². The van der Waals surface area contributed by atoms with E-state index in [0.717, 1.165) is 10.6 Å². The van der Waals surface area contributed by atoms with E-state index < -0.39 is 0 Å². The zero-order chi connectivity index (χ0) is 17.4. The van der Waals surface area contributed by atoms with Crippen molar-refractivity contribution in [2.24, 2.45) is 7.05 Å². The summed E-state index contributed by atoms with van der Waals surface area (Å²) in [5.41, 5.74) is 2.57. The molecule has 7 heteroatoms. The van der Waals surface area contributed by atoms with E-state index in [1.807, 2.05) is 37.8 Å². The number of aryl methyl sites for hydroxylation is 1. The molecular weight excluding hydrogens is 352 g/mol. The number of benzene rings is 1. The molecule has 0 aliphatic heterocycles. The zero-order valence-corrected chi connectivity index (χ0v) is 15.5. The number of hydrogen-bond acceptors (Lipinski definition) is 5. The maximum atomic E-state index is 12.7. The van der Waals surface area contributed by atoms with Crippen molar-refractivity contribution in [3.63, 3.8) is 0 Å². The second-order valence-corrected chi connectivity index (χ2v) is 7.63. The van der Waals surface area contributed by atoms with Crippen molar-refractivity contribution in [2.45, 2.75) is 6.54 Å². The standard InChI is InChI=1S/C18H16N4OS2/c1-21(8-13-10-24-16-6-4-3-5-14(13)16)18(23)15-11-25-17(20-15)12-7-19-22(2)9-12/h3-7,9-11H,8H2,1-2H3. The minimum absolute atomic E-state index is 0.0679. The van der Waals surface area contributed by atoms with Gasteiger partial charge < -0.3 is 4.90 Å². The fourth-order valence-electron chi connectivity index (χ4n) is 2.71. The Balaban J connectivity index is 1.53. The molecular formula is C18H16N4OS2. The highest BCUT2D eigenvalue weighted by Crippen LogP contribution is 2.27. The second kappa shape index (κ2) is 6.42. The lowest BCUT2D eigenvalue weighted by Gasteiger charge is -2.15. The van der Waals surface area contributed by atoms with E-state index >= 15 is 0 Å². The Labute approximate surface area is 153 Å². The van der Waals surface area contributed by atoms with Gasteiger partial charge in [-0.3, -0.25) is 9.48 Å². The van der Waals surface area contributed by atoms with Crippen molar-refractivity contribution in [1.82, 2.24) is 19.7 Å². The Morgan fingerprint density at radius 2 is 2.08 bits per heavy atom. The molecule has 1 aromatic carbocycles. The monoisotopic (exact) mass is 368 g/mol. The summed E-state index contributed by atoms with van der Waals surface area (Å²) in [6.45, 7) is 0.572. The number of carbonyl (C=O) groups excluding carboxylic acids is 1. The van der Waals surface area contributed by atoms with E-state index in [9.17, 15) is 4.79 Å². The SMILES string of the molecule is CN(Cc1csc2ccccc12)C(=O)c1csc(-c2cnn(C)c2)n1. The van der Waals surface area contributed by atoms with Crippen molar-refractivity contribution in [3.8, 4) is 10.6 Å². The molecule has 4 rings (SSSR count). The van der Waals surface area contributed by atoms with Gasteiger partial charge >= 0.3 is 0 Å². The third kappa shape index (κ3) is 3.08. The van der Waals surface area contributed by atoms with E-state index in [2.05, 4.69) is 27.6 Å². The first-order valence-corrected chi connectivity index (χ1v) is 9.53. The first-order valence-electron chi connectivity index (χ1n) is 7.77. The molecule has 0 fully saturated rings. The summed E-state index contributed by atoms with van der Waals surface area (Å²) >= 11 is 3.17. The minimum Gasteiger partial charge on any atom is -0.336 e. The molecule has 0 aliphatic rings. The predicted molar refractivity (Wildman–Crippen MR) is 102 cm³/mol. The zero-order valence-electron chi connectivity index (χ0n) is 13.8. The number of aromatic nitrogens is 3. The van der Waals surface area contributed by atoms with Crippen LogP contribution in [0.15, 0.2) is 47.4 Å². The summed E-state index contributed by atoms with van der Waals surface area (Å²) < 4.78 is 2.97. The van der Waals surface area contributed by atoms with Crippen LogP contribution in [0.2, 0.25) is 0 Å². The van der Waals surface area contributed by atoms with Crippen LogP contribution >= 0.6 is 22.7 Å². The van der Waals surface area contributed by atoms with Crippen LogP contribution in [0.25, 0.3) is 20.7 Å². The molecule has 0 aliphatic carbocycles. The van der Waals surface area contributed by atoms with Crippen LogP contribution in [-0.4, -0.2) is 32.6 Å². The van der Waals surface area contributed by atoms with Crippen LogP contribution in [-0.2, 0) is 13.6 Å². The Hall–Kier alpha value is -2.51. The lowest BCUT2D eigenvalue weighted by atomic mass is 10.1. The van der Waals surface area contributed by atoms with Gasteiger partial charge in [-0.05, 0) is 22.4 Å². The van der Waals surface area contributed by atoms with Crippen molar-refractivity contribution < 1.29 is 4.79 Å². The molecule has 3 heterocycles. The van der Waals surface area contributed by atoms with Gasteiger partial charge in [0.2, 0.25) is 0 Å². The molecule has 0 atom stereocenters. The number of amides is 1. The number of fused-ring (bicyclic) bond motifs is 1. The molecule has 0 unspecified atom stereocenters. The average Bonchev–Trinajstić information content (AvgIpc) is 3.34. The highest BCUT2D eigenvalue weighted by molar-refractivity contribution is 7.17. The van der Waals surface area contributed by atoms with Gasteiger partial charge in [-0.1, -0.05) is 18.2 Å². The summed E-state index contributed by atoms with van der Waals surface area (Å²) in [5, 5.41) is 10.1. The summed E-state index contributed by atoms with van der Waals surface area (Å²) in [4.78, 5) is 18.9. The highest BCUT2D eigenvalue weighted by Gasteiger charge is 2.18. The third-order valence-electron chi connectivity index (χ3n) is 3.99. The van der Waals surface area contributed by atoms with Crippen LogP contribution < -0.4 is 0 Å². The van der Waals surface area contributed by atoms with Gasteiger partial charge in [-0.25, -0.2) is 4.98 Å². The van der Waals surface area contributed by atoms with Gasteiger partial charge in [0.1, 0.15) is 10.7 Å². The van der Waals surface area contributed by atoms with Gasteiger partial charge in [-0.2, -0.15) is 5.10 Å². The van der Waals surface area contributed by atoms with E-state index in [4.69, 9.17) is 0 Å². The van der Waals surface area contributed by atoms with Crippen molar-refractivity contribution in [3.05, 3.63) is 58.7 Å². The van der Waals surface area contributed by atoms with Crippen molar-refractivity contribution in [2.75, 3.05) is 7.05 Å². The Morgan fingerprint density at radius 3 is 2.88 bits per heavy atom. The Kier molecular flexibility index (Phi) is 4.10. The summed E-state index contributed by atoms with van der Waals surface area (Å²) in [6.07, 6.45) is 3.66. The number of carbonyl (C=O) groups is 1. The van der Waals surface area contributed by atoms with Gasteiger partial charge in [0.05, 0.1) is 6.20 Å². The number of rotatable bonds is 4. The largest absolute Gasteiger partial charge is 0.336 e. The number of thiazole rings is 1.